The van der Waals surface area contributed by atoms with Gasteiger partial charge in [0.15, 0.2) is 0 Å². The number of aliphatic hydroxyl groups is 1. The van der Waals surface area contributed by atoms with Crippen LogP contribution in [0.3, 0.4) is 0 Å². The van der Waals surface area contributed by atoms with Gasteiger partial charge in [-0.05, 0) is 19.9 Å². The van der Waals surface area contributed by atoms with E-state index in [1.165, 1.54) is 13.0 Å². The van der Waals surface area contributed by atoms with E-state index in [0.717, 1.165) is 6.07 Å². The molecule has 0 atom stereocenters. The number of carbonyl (C=O) groups is 1. The van der Waals surface area contributed by atoms with Crippen molar-refractivity contribution < 1.29 is 27.8 Å². The van der Waals surface area contributed by atoms with E-state index in [2.05, 4.69) is 4.98 Å². The van der Waals surface area contributed by atoms with Crippen LogP contribution in [0.2, 0.25) is 0 Å². The van der Waals surface area contributed by atoms with Gasteiger partial charge >= 0.3 is 12.1 Å². The van der Waals surface area contributed by atoms with E-state index < -0.39 is 29.0 Å². The molecule has 9 heteroatoms. The second-order valence-corrected chi connectivity index (χ2v) is 6.45. The van der Waals surface area contributed by atoms with Crippen molar-refractivity contribution >= 4 is 17.7 Å². The molecule has 5 nitrogen and oxygen atoms in total. The second kappa shape index (κ2) is 8.80. The highest BCUT2D eigenvalue weighted by Gasteiger charge is 2.36. The van der Waals surface area contributed by atoms with Gasteiger partial charge in [-0.1, -0.05) is 42.1 Å². The number of nitrogens with zero attached hydrogens (tertiary/aromatic N) is 2. The second-order valence-electron chi connectivity index (χ2n) is 5.45. The van der Waals surface area contributed by atoms with Crippen LogP contribution in [0, 0.1) is 11.3 Å². The number of aliphatic hydroxyl groups excluding tert-OH is 1. The Balaban J connectivity index is 2.70. The molecule has 1 N–H and O–H groups in total. The van der Waals surface area contributed by atoms with Gasteiger partial charge in [0.1, 0.15) is 21.8 Å². The number of esters is 1. The van der Waals surface area contributed by atoms with Crippen LogP contribution in [0.15, 0.2) is 52.1 Å². The van der Waals surface area contributed by atoms with Crippen molar-refractivity contribution in [3.63, 3.8) is 0 Å². The lowest BCUT2D eigenvalue weighted by Gasteiger charge is -2.15. The van der Waals surface area contributed by atoms with Crippen molar-refractivity contribution in [3.8, 4) is 17.3 Å². The van der Waals surface area contributed by atoms with E-state index in [0.29, 0.717) is 17.3 Å². The Morgan fingerprint density at radius 1 is 1.32 bits per heavy atom. The number of thioether (sulfide) groups is 1. The molecular weight excluding hydrogens is 393 g/mol. The Labute approximate surface area is 163 Å². The van der Waals surface area contributed by atoms with Gasteiger partial charge in [0.05, 0.1) is 23.4 Å². The molecule has 0 spiro atoms. The summed E-state index contributed by atoms with van der Waals surface area (Å²) >= 11 is 0.457. The van der Waals surface area contributed by atoms with Crippen LogP contribution in [-0.4, -0.2) is 22.7 Å². The number of carbonyl (C=O) groups excluding carboxylic acids is 1. The lowest BCUT2D eigenvalue weighted by Crippen LogP contribution is -2.12. The molecule has 28 heavy (non-hydrogen) atoms. The third kappa shape index (κ3) is 4.84. The standard InChI is InChI=1S/C19H15F3N2O3S/c1-3-27-18(26)16(11(2)25)28-17-13(10-23)14(19(20,21)22)9-15(24-17)12-7-5-4-6-8-12/h4-9,25H,3H2,1-2H3. The number of hydrogen-bond acceptors (Lipinski definition) is 6. The predicted octanol–water partition coefficient (Wildman–Crippen LogP) is 5.08. The quantitative estimate of drug-likeness (QED) is 0.321. The molecule has 0 radical (unpaired) electrons. The summed E-state index contributed by atoms with van der Waals surface area (Å²) in [6.07, 6.45) is -4.81. The van der Waals surface area contributed by atoms with Gasteiger partial charge in [-0.2, -0.15) is 18.4 Å². The van der Waals surface area contributed by atoms with Gasteiger partial charge in [0.25, 0.3) is 0 Å². The van der Waals surface area contributed by atoms with Crippen LogP contribution >= 0.6 is 11.8 Å². The van der Waals surface area contributed by atoms with Crippen LogP contribution in [0.25, 0.3) is 11.3 Å². The molecule has 1 aromatic carbocycles. The maximum Gasteiger partial charge on any atom is 0.417 e. The number of benzene rings is 1. The Morgan fingerprint density at radius 3 is 2.46 bits per heavy atom. The smallest absolute Gasteiger partial charge is 0.417 e. The molecule has 2 rings (SSSR count). The number of nitriles is 1. The highest BCUT2D eigenvalue weighted by Crippen LogP contribution is 2.40. The van der Waals surface area contributed by atoms with E-state index in [1.54, 1.807) is 37.3 Å². The molecule has 0 unspecified atom stereocenters. The normalized spacial score (nSPS) is 12.1. The van der Waals surface area contributed by atoms with Crippen LogP contribution in [0.4, 0.5) is 13.2 Å². The summed E-state index contributed by atoms with van der Waals surface area (Å²) in [6.45, 7) is 2.74. The average Bonchev–Trinajstić information content (AvgIpc) is 2.65. The van der Waals surface area contributed by atoms with Crippen LogP contribution < -0.4 is 0 Å². The average molecular weight is 408 g/mol. The first-order valence-corrected chi connectivity index (χ1v) is 8.83. The Bertz CT molecular complexity index is 947. The molecule has 0 bridgehead atoms. The minimum absolute atomic E-state index is 0.00651. The number of ether oxygens (including phenoxy) is 1. The third-order valence-corrected chi connectivity index (χ3v) is 4.62. The number of allylic oxidation sites excluding steroid dienone is 1. The van der Waals surface area contributed by atoms with E-state index in [-0.39, 0.29) is 22.2 Å². The van der Waals surface area contributed by atoms with Crippen molar-refractivity contribution in [2.24, 2.45) is 0 Å². The maximum absolute atomic E-state index is 13.5. The first kappa shape index (κ1) is 21.3. The number of alkyl halides is 3. The molecule has 0 saturated carbocycles. The molecule has 1 aromatic heterocycles. The number of rotatable bonds is 5. The van der Waals surface area contributed by atoms with E-state index in [9.17, 15) is 28.3 Å². The van der Waals surface area contributed by atoms with Gasteiger partial charge < -0.3 is 9.84 Å². The fraction of sp³-hybridized carbons (Fsp3) is 0.211. The minimum atomic E-state index is -4.81. The largest absolute Gasteiger partial charge is 0.511 e. The summed E-state index contributed by atoms with van der Waals surface area (Å²) < 4.78 is 45.4. The van der Waals surface area contributed by atoms with Crippen molar-refractivity contribution in [1.82, 2.24) is 4.98 Å². The van der Waals surface area contributed by atoms with Gasteiger partial charge in [0.2, 0.25) is 0 Å². The summed E-state index contributed by atoms with van der Waals surface area (Å²) in [6, 6.07) is 10.4. The van der Waals surface area contributed by atoms with Crippen LogP contribution in [0.5, 0.6) is 0 Å². The fourth-order valence-corrected chi connectivity index (χ4v) is 3.13. The molecule has 0 saturated heterocycles. The molecule has 0 aliphatic carbocycles. The first-order valence-electron chi connectivity index (χ1n) is 8.01. The Hall–Kier alpha value is -2.99. The van der Waals surface area contributed by atoms with Crippen LogP contribution in [-0.2, 0) is 15.7 Å². The zero-order valence-corrected chi connectivity index (χ0v) is 15.7. The SMILES string of the molecule is CCOC(=O)C(Sc1nc(-c2ccccc2)cc(C(F)(F)F)c1C#N)=C(C)O. The van der Waals surface area contributed by atoms with E-state index in [4.69, 9.17) is 4.74 Å². The lowest BCUT2D eigenvalue weighted by atomic mass is 10.1. The van der Waals surface area contributed by atoms with Crippen molar-refractivity contribution in [1.29, 1.82) is 5.26 Å². The molecule has 0 aliphatic rings. The highest BCUT2D eigenvalue weighted by molar-refractivity contribution is 8.04. The molecule has 0 amide bonds. The molecule has 0 fully saturated rings. The fourth-order valence-electron chi connectivity index (χ4n) is 2.24. The summed E-state index contributed by atoms with van der Waals surface area (Å²) in [4.78, 5) is 15.8. The molecule has 1 heterocycles. The predicted molar refractivity (Wildman–Crippen MR) is 97.2 cm³/mol. The first-order chi connectivity index (χ1) is 13.2. The summed E-state index contributed by atoms with van der Waals surface area (Å²) in [5, 5.41) is 18.7. The van der Waals surface area contributed by atoms with Crippen molar-refractivity contribution in [3.05, 3.63) is 58.2 Å². The Kier molecular flexibility index (Phi) is 6.70. The molecule has 0 aliphatic heterocycles. The summed E-state index contributed by atoms with van der Waals surface area (Å²) in [5.74, 6) is -1.37. The number of halogens is 3. The monoisotopic (exact) mass is 408 g/mol. The van der Waals surface area contributed by atoms with Gasteiger partial charge in [0, 0.05) is 5.56 Å². The van der Waals surface area contributed by atoms with Gasteiger partial charge in [-0.25, -0.2) is 9.78 Å². The molecular formula is C19H15F3N2O3S. The number of aromatic nitrogens is 1. The van der Waals surface area contributed by atoms with E-state index >= 15 is 0 Å². The topological polar surface area (TPSA) is 83.2 Å². The zero-order valence-electron chi connectivity index (χ0n) is 14.9. The van der Waals surface area contributed by atoms with Gasteiger partial charge in [-0.3, -0.25) is 0 Å². The minimum Gasteiger partial charge on any atom is -0.511 e. The number of pyridine rings is 1. The van der Waals surface area contributed by atoms with Crippen molar-refractivity contribution in [2.75, 3.05) is 6.61 Å². The zero-order chi connectivity index (χ0) is 20.9. The number of hydrogen-bond donors (Lipinski definition) is 1. The van der Waals surface area contributed by atoms with Crippen LogP contribution in [0.1, 0.15) is 25.0 Å². The molecule has 2 aromatic rings. The van der Waals surface area contributed by atoms with Crippen molar-refractivity contribution in [2.45, 2.75) is 25.0 Å². The third-order valence-electron chi connectivity index (χ3n) is 3.46. The lowest BCUT2D eigenvalue weighted by molar-refractivity contribution is -0.138. The highest BCUT2D eigenvalue weighted by atomic mass is 32.2. The maximum atomic E-state index is 13.5. The summed E-state index contributed by atoms with van der Waals surface area (Å²) in [5.41, 5.74) is -1.53. The summed E-state index contributed by atoms with van der Waals surface area (Å²) in [7, 11) is 0. The Morgan fingerprint density at radius 2 is 1.96 bits per heavy atom. The van der Waals surface area contributed by atoms with E-state index in [1.807, 2.05) is 0 Å². The van der Waals surface area contributed by atoms with Gasteiger partial charge in [-0.15, -0.1) is 0 Å². The molecule has 146 valence electrons.